The molecule has 0 radical (unpaired) electrons. The van der Waals surface area contributed by atoms with Crippen molar-refractivity contribution in [2.45, 2.75) is 19.9 Å². The number of hydrogen-bond acceptors (Lipinski definition) is 3. The number of anilines is 2. The van der Waals surface area contributed by atoms with Gasteiger partial charge in [-0.1, -0.05) is 23.2 Å². The minimum atomic E-state index is -0.157. The normalized spacial score (nSPS) is 10.5. The number of benzene rings is 1. The average molecular weight is 324 g/mol. The van der Waals surface area contributed by atoms with Crippen LogP contribution < -0.4 is 10.6 Å². The van der Waals surface area contributed by atoms with E-state index in [0.717, 1.165) is 5.69 Å². The number of nitrogens with one attached hydrogen (secondary N) is 2. The molecule has 1 heterocycles. The molecule has 0 aliphatic rings. The lowest BCUT2D eigenvalue weighted by Gasteiger charge is -2.10. The third-order valence-corrected chi connectivity index (χ3v) is 3.37. The van der Waals surface area contributed by atoms with Gasteiger partial charge in [-0.15, -0.1) is 0 Å². The van der Waals surface area contributed by atoms with Crippen molar-refractivity contribution in [2.24, 2.45) is 0 Å². The summed E-state index contributed by atoms with van der Waals surface area (Å²) in [5.74, 6) is -0.157. The van der Waals surface area contributed by atoms with Gasteiger partial charge in [-0.25, -0.2) is 0 Å². The maximum absolute atomic E-state index is 11.9. The first-order chi connectivity index (χ1) is 9.95. The lowest BCUT2D eigenvalue weighted by molar-refractivity contribution is 0.0943. The van der Waals surface area contributed by atoms with E-state index in [2.05, 4.69) is 15.6 Å². The van der Waals surface area contributed by atoms with Crippen LogP contribution in [0.15, 0.2) is 36.7 Å². The van der Waals surface area contributed by atoms with Crippen molar-refractivity contribution in [3.63, 3.8) is 0 Å². The predicted molar refractivity (Wildman–Crippen MR) is 86.6 cm³/mol. The fraction of sp³-hybridized carbons (Fsp3) is 0.200. The van der Waals surface area contributed by atoms with E-state index < -0.39 is 0 Å². The summed E-state index contributed by atoms with van der Waals surface area (Å²) in [5, 5.41) is 6.91. The number of carbonyl (C=O) groups is 1. The number of pyridine rings is 1. The minimum absolute atomic E-state index is 0.0733. The van der Waals surface area contributed by atoms with E-state index in [-0.39, 0.29) is 11.9 Å². The van der Waals surface area contributed by atoms with Gasteiger partial charge in [0.1, 0.15) is 0 Å². The van der Waals surface area contributed by atoms with Crippen LogP contribution in [0.1, 0.15) is 24.2 Å². The van der Waals surface area contributed by atoms with Crippen LogP contribution in [0.5, 0.6) is 0 Å². The molecule has 2 N–H and O–H groups in total. The van der Waals surface area contributed by atoms with Crippen molar-refractivity contribution in [3.8, 4) is 0 Å². The molecule has 0 saturated carbocycles. The summed E-state index contributed by atoms with van der Waals surface area (Å²) in [6, 6.07) is 7.02. The Bertz CT molecular complexity index is 659. The zero-order valence-electron chi connectivity index (χ0n) is 11.7. The largest absolute Gasteiger partial charge is 0.354 e. The molecule has 21 heavy (non-hydrogen) atoms. The highest BCUT2D eigenvalue weighted by Crippen LogP contribution is 2.26. The van der Waals surface area contributed by atoms with Crippen molar-refractivity contribution >= 4 is 40.5 Å². The standard InChI is InChI=1S/C15H15Cl2N3O/c1-9(2)19-15(21)10-5-12(8-18-7-10)20-11-3-4-13(16)14(17)6-11/h3-9,20H,1-2H3,(H,19,21). The average Bonchev–Trinajstić information content (AvgIpc) is 2.42. The van der Waals surface area contributed by atoms with Crippen LogP contribution >= 0.6 is 23.2 Å². The van der Waals surface area contributed by atoms with E-state index in [4.69, 9.17) is 23.2 Å². The Hall–Kier alpha value is -1.78. The molecule has 0 bridgehead atoms. The smallest absolute Gasteiger partial charge is 0.253 e. The van der Waals surface area contributed by atoms with E-state index in [1.165, 1.54) is 6.20 Å². The number of amides is 1. The third-order valence-electron chi connectivity index (χ3n) is 2.63. The van der Waals surface area contributed by atoms with E-state index >= 15 is 0 Å². The topological polar surface area (TPSA) is 54.0 Å². The maximum atomic E-state index is 11.9. The van der Waals surface area contributed by atoms with Gasteiger partial charge in [-0.2, -0.15) is 0 Å². The molecule has 0 aliphatic carbocycles. The zero-order chi connectivity index (χ0) is 15.4. The second kappa shape index (κ2) is 6.78. The highest BCUT2D eigenvalue weighted by Gasteiger charge is 2.08. The van der Waals surface area contributed by atoms with Crippen molar-refractivity contribution in [3.05, 3.63) is 52.3 Å². The van der Waals surface area contributed by atoms with E-state index in [1.807, 2.05) is 13.8 Å². The van der Waals surface area contributed by atoms with Crippen LogP contribution in [0.3, 0.4) is 0 Å². The van der Waals surface area contributed by atoms with Crippen LogP contribution in [-0.2, 0) is 0 Å². The Kier molecular flexibility index (Phi) is 5.04. The molecular weight excluding hydrogens is 309 g/mol. The van der Waals surface area contributed by atoms with Crippen molar-refractivity contribution in [2.75, 3.05) is 5.32 Å². The van der Waals surface area contributed by atoms with Gasteiger partial charge in [0.25, 0.3) is 5.91 Å². The number of carbonyl (C=O) groups excluding carboxylic acids is 1. The van der Waals surface area contributed by atoms with Gasteiger partial charge in [0.15, 0.2) is 0 Å². The quantitative estimate of drug-likeness (QED) is 0.883. The van der Waals surface area contributed by atoms with Gasteiger partial charge in [0.2, 0.25) is 0 Å². The molecule has 2 aromatic rings. The number of aromatic nitrogens is 1. The second-order valence-electron chi connectivity index (χ2n) is 4.84. The Morgan fingerprint density at radius 3 is 2.52 bits per heavy atom. The minimum Gasteiger partial charge on any atom is -0.354 e. The van der Waals surface area contributed by atoms with Crippen LogP contribution in [0.4, 0.5) is 11.4 Å². The summed E-state index contributed by atoms with van der Waals surface area (Å²) in [6.07, 6.45) is 3.16. The van der Waals surface area contributed by atoms with E-state index in [0.29, 0.717) is 21.3 Å². The van der Waals surface area contributed by atoms with Crippen molar-refractivity contribution < 1.29 is 4.79 Å². The molecule has 0 aliphatic heterocycles. The van der Waals surface area contributed by atoms with Crippen LogP contribution in [0.2, 0.25) is 10.0 Å². The first kappa shape index (κ1) is 15.6. The van der Waals surface area contributed by atoms with Gasteiger partial charge in [0.05, 0.1) is 27.5 Å². The van der Waals surface area contributed by atoms with Crippen molar-refractivity contribution in [1.82, 2.24) is 10.3 Å². The zero-order valence-corrected chi connectivity index (χ0v) is 13.2. The number of rotatable bonds is 4. The Morgan fingerprint density at radius 2 is 1.86 bits per heavy atom. The van der Waals surface area contributed by atoms with E-state index in [1.54, 1.807) is 30.5 Å². The Labute approximate surface area is 133 Å². The van der Waals surface area contributed by atoms with Gasteiger partial charge < -0.3 is 10.6 Å². The first-order valence-corrected chi connectivity index (χ1v) is 7.19. The Balaban J connectivity index is 2.17. The maximum Gasteiger partial charge on any atom is 0.253 e. The monoisotopic (exact) mass is 323 g/mol. The molecule has 6 heteroatoms. The highest BCUT2D eigenvalue weighted by molar-refractivity contribution is 6.42. The fourth-order valence-electron chi connectivity index (χ4n) is 1.72. The lowest BCUT2D eigenvalue weighted by atomic mass is 10.2. The summed E-state index contributed by atoms with van der Waals surface area (Å²) < 4.78 is 0. The first-order valence-electron chi connectivity index (χ1n) is 6.43. The third kappa shape index (κ3) is 4.34. The molecule has 0 spiro atoms. The van der Waals surface area contributed by atoms with Gasteiger partial charge in [-0.3, -0.25) is 9.78 Å². The highest BCUT2D eigenvalue weighted by atomic mass is 35.5. The number of hydrogen-bond donors (Lipinski definition) is 2. The van der Waals surface area contributed by atoms with E-state index in [9.17, 15) is 4.79 Å². The molecular formula is C15H15Cl2N3O. The molecule has 0 saturated heterocycles. The summed E-state index contributed by atoms with van der Waals surface area (Å²) in [5.41, 5.74) is 1.96. The molecule has 110 valence electrons. The fourth-order valence-corrected chi connectivity index (χ4v) is 2.02. The SMILES string of the molecule is CC(C)NC(=O)c1cncc(Nc2ccc(Cl)c(Cl)c2)c1. The van der Waals surface area contributed by atoms with Crippen molar-refractivity contribution in [1.29, 1.82) is 0 Å². The molecule has 1 amide bonds. The summed E-state index contributed by atoms with van der Waals surface area (Å²) >= 11 is 11.8. The van der Waals surface area contributed by atoms with Crippen LogP contribution in [-0.4, -0.2) is 16.9 Å². The van der Waals surface area contributed by atoms with Gasteiger partial charge in [0, 0.05) is 17.9 Å². The molecule has 0 fully saturated rings. The van der Waals surface area contributed by atoms with Crippen LogP contribution in [0, 0.1) is 0 Å². The summed E-state index contributed by atoms with van der Waals surface area (Å²) in [7, 11) is 0. The van der Waals surface area contributed by atoms with Gasteiger partial charge >= 0.3 is 0 Å². The lowest BCUT2D eigenvalue weighted by Crippen LogP contribution is -2.30. The number of halogens is 2. The molecule has 2 rings (SSSR count). The molecule has 1 aromatic carbocycles. The molecule has 4 nitrogen and oxygen atoms in total. The number of nitrogens with zero attached hydrogens (tertiary/aromatic N) is 1. The Morgan fingerprint density at radius 1 is 1.10 bits per heavy atom. The predicted octanol–water partition coefficient (Wildman–Crippen LogP) is 4.27. The summed E-state index contributed by atoms with van der Waals surface area (Å²) in [4.78, 5) is 16.0. The molecule has 1 aromatic heterocycles. The molecule has 0 unspecified atom stereocenters. The van der Waals surface area contributed by atoms with Crippen LogP contribution in [0.25, 0.3) is 0 Å². The second-order valence-corrected chi connectivity index (χ2v) is 5.66. The summed E-state index contributed by atoms with van der Waals surface area (Å²) in [6.45, 7) is 3.81. The molecule has 0 atom stereocenters. The van der Waals surface area contributed by atoms with Gasteiger partial charge in [-0.05, 0) is 38.1 Å².